The first kappa shape index (κ1) is 13.0. The van der Waals surface area contributed by atoms with E-state index in [1.807, 2.05) is 6.92 Å². The molecule has 2 N–H and O–H groups in total. The molecule has 0 aromatic carbocycles. The Bertz CT molecular complexity index is 254. The van der Waals surface area contributed by atoms with Crippen LogP contribution in [0.4, 0.5) is 0 Å². The van der Waals surface area contributed by atoms with E-state index in [2.05, 4.69) is 16.6 Å². The van der Waals surface area contributed by atoms with Crippen LogP contribution in [0.15, 0.2) is 0 Å². The van der Waals surface area contributed by atoms with E-state index >= 15 is 0 Å². The fraction of sp³-hybridized carbons (Fsp3) is 0.750. The second-order valence-electron chi connectivity index (χ2n) is 4.14. The largest absolute Gasteiger partial charge is 0.381 e. The van der Waals surface area contributed by atoms with Gasteiger partial charge in [-0.1, -0.05) is 5.92 Å². The number of carbonyl (C=O) groups is 1. The summed E-state index contributed by atoms with van der Waals surface area (Å²) in [4.78, 5) is 11.5. The Kier molecular flexibility index (Phi) is 5.91. The first-order valence-electron chi connectivity index (χ1n) is 5.76. The van der Waals surface area contributed by atoms with Crippen molar-refractivity contribution in [2.45, 2.75) is 25.8 Å². The van der Waals surface area contributed by atoms with Gasteiger partial charge in [-0.2, -0.15) is 0 Å². The highest BCUT2D eigenvalue weighted by atomic mass is 16.5. The van der Waals surface area contributed by atoms with Gasteiger partial charge >= 0.3 is 0 Å². The van der Waals surface area contributed by atoms with Gasteiger partial charge in [-0.15, -0.1) is 6.42 Å². The lowest BCUT2D eigenvalue weighted by Crippen LogP contribution is -2.44. The van der Waals surface area contributed by atoms with Crippen LogP contribution in [-0.2, 0) is 9.53 Å². The van der Waals surface area contributed by atoms with E-state index in [1.54, 1.807) is 0 Å². The molecule has 1 saturated heterocycles. The van der Waals surface area contributed by atoms with Gasteiger partial charge in [0.1, 0.15) is 0 Å². The van der Waals surface area contributed by atoms with E-state index in [4.69, 9.17) is 11.2 Å². The highest BCUT2D eigenvalue weighted by Crippen LogP contribution is 2.12. The molecule has 0 radical (unpaired) electrons. The third-order valence-corrected chi connectivity index (χ3v) is 2.73. The van der Waals surface area contributed by atoms with Crippen LogP contribution in [0.1, 0.15) is 19.8 Å². The van der Waals surface area contributed by atoms with E-state index in [1.165, 1.54) is 6.42 Å². The van der Waals surface area contributed by atoms with Gasteiger partial charge in [0.2, 0.25) is 5.91 Å². The van der Waals surface area contributed by atoms with E-state index in [-0.39, 0.29) is 18.5 Å². The Morgan fingerprint density at radius 2 is 2.50 bits per heavy atom. The number of carbonyl (C=O) groups excluding carboxylic acids is 1. The number of ether oxygens (including phenoxy) is 1. The van der Waals surface area contributed by atoms with E-state index < -0.39 is 0 Å². The second kappa shape index (κ2) is 7.26. The number of terminal acetylenes is 1. The van der Waals surface area contributed by atoms with Gasteiger partial charge in [-0.25, -0.2) is 0 Å². The normalized spacial score (nSPS) is 22.1. The zero-order chi connectivity index (χ0) is 11.8. The van der Waals surface area contributed by atoms with E-state index in [0.29, 0.717) is 5.92 Å². The summed E-state index contributed by atoms with van der Waals surface area (Å²) in [6, 6.07) is -0.199. The standard InChI is InChI=1S/C12H20N2O2/c1-3-6-13-12(15)10(2)14-8-11-5-4-7-16-9-11/h1,10-11,14H,4-9H2,2H3,(H,13,15). The van der Waals surface area contributed by atoms with Gasteiger partial charge in [0.05, 0.1) is 19.2 Å². The van der Waals surface area contributed by atoms with Crippen LogP contribution >= 0.6 is 0 Å². The summed E-state index contributed by atoms with van der Waals surface area (Å²) in [5.74, 6) is 2.86. The van der Waals surface area contributed by atoms with Crippen molar-refractivity contribution in [1.29, 1.82) is 0 Å². The van der Waals surface area contributed by atoms with Crippen LogP contribution in [0, 0.1) is 18.3 Å². The number of rotatable bonds is 5. The molecular formula is C12H20N2O2. The van der Waals surface area contributed by atoms with Gasteiger partial charge in [-0.05, 0) is 25.7 Å². The molecule has 4 nitrogen and oxygen atoms in total. The monoisotopic (exact) mass is 224 g/mol. The molecule has 1 aliphatic rings. The molecule has 16 heavy (non-hydrogen) atoms. The third kappa shape index (κ3) is 4.65. The lowest BCUT2D eigenvalue weighted by molar-refractivity contribution is -0.122. The number of hydrogen-bond donors (Lipinski definition) is 2. The second-order valence-corrected chi connectivity index (χ2v) is 4.14. The van der Waals surface area contributed by atoms with Crippen molar-refractivity contribution in [3.05, 3.63) is 0 Å². The van der Waals surface area contributed by atoms with Crippen LogP contribution in [-0.4, -0.2) is 38.3 Å². The molecule has 0 aromatic rings. The summed E-state index contributed by atoms with van der Waals surface area (Å²) in [7, 11) is 0. The Labute approximate surface area is 97.1 Å². The highest BCUT2D eigenvalue weighted by Gasteiger charge is 2.17. The molecular weight excluding hydrogens is 204 g/mol. The maximum Gasteiger partial charge on any atom is 0.237 e. The van der Waals surface area contributed by atoms with Gasteiger partial charge < -0.3 is 15.4 Å². The molecule has 1 heterocycles. The molecule has 0 bridgehead atoms. The molecule has 1 rings (SSSR count). The van der Waals surface area contributed by atoms with E-state index in [0.717, 1.165) is 26.2 Å². The minimum absolute atomic E-state index is 0.0466. The summed E-state index contributed by atoms with van der Waals surface area (Å²) in [5, 5.41) is 5.85. The van der Waals surface area contributed by atoms with Gasteiger partial charge in [0.25, 0.3) is 0 Å². The zero-order valence-electron chi connectivity index (χ0n) is 9.79. The quantitative estimate of drug-likeness (QED) is 0.653. The maximum atomic E-state index is 11.5. The number of nitrogens with one attached hydrogen (secondary N) is 2. The average Bonchev–Trinajstić information content (AvgIpc) is 2.34. The smallest absolute Gasteiger partial charge is 0.237 e. The van der Waals surface area contributed by atoms with Crippen molar-refractivity contribution in [2.24, 2.45) is 5.92 Å². The molecule has 90 valence electrons. The lowest BCUT2D eigenvalue weighted by atomic mass is 10.0. The Balaban J connectivity index is 2.15. The number of hydrogen-bond acceptors (Lipinski definition) is 3. The summed E-state index contributed by atoms with van der Waals surface area (Å²) in [6.07, 6.45) is 7.35. The van der Waals surface area contributed by atoms with Gasteiger partial charge in [0.15, 0.2) is 0 Å². The van der Waals surface area contributed by atoms with Crippen molar-refractivity contribution < 1.29 is 9.53 Å². The molecule has 0 aliphatic carbocycles. The van der Waals surface area contributed by atoms with E-state index in [9.17, 15) is 4.79 Å². The molecule has 0 aromatic heterocycles. The minimum Gasteiger partial charge on any atom is -0.381 e. The first-order chi connectivity index (χ1) is 7.74. The van der Waals surface area contributed by atoms with Gasteiger partial charge in [0, 0.05) is 13.2 Å². The van der Waals surface area contributed by atoms with Crippen molar-refractivity contribution in [2.75, 3.05) is 26.3 Å². The topological polar surface area (TPSA) is 50.4 Å². The van der Waals surface area contributed by atoms with Crippen molar-refractivity contribution in [1.82, 2.24) is 10.6 Å². The molecule has 1 amide bonds. The number of amides is 1. The Morgan fingerprint density at radius 1 is 1.69 bits per heavy atom. The van der Waals surface area contributed by atoms with Crippen LogP contribution in [0.3, 0.4) is 0 Å². The fourth-order valence-electron chi connectivity index (χ4n) is 1.70. The summed E-state index contributed by atoms with van der Waals surface area (Å²) in [6.45, 7) is 4.62. The Morgan fingerprint density at radius 3 is 3.12 bits per heavy atom. The predicted octanol–water partition coefficient (Wildman–Crippen LogP) is 0.140. The van der Waals surface area contributed by atoms with Crippen LogP contribution in [0.2, 0.25) is 0 Å². The minimum atomic E-state index is -0.199. The summed E-state index contributed by atoms with van der Waals surface area (Å²) >= 11 is 0. The van der Waals surface area contributed by atoms with Crippen molar-refractivity contribution in [3.63, 3.8) is 0 Å². The van der Waals surface area contributed by atoms with Gasteiger partial charge in [-0.3, -0.25) is 4.79 Å². The van der Waals surface area contributed by atoms with Crippen LogP contribution < -0.4 is 10.6 Å². The SMILES string of the molecule is C#CCNC(=O)C(C)NCC1CCCOC1. The molecule has 1 aliphatic heterocycles. The fourth-order valence-corrected chi connectivity index (χ4v) is 1.70. The molecule has 4 heteroatoms. The molecule has 1 fully saturated rings. The maximum absolute atomic E-state index is 11.5. The van der Waals surface area contributed by atoms with Crippen molar-refractivity contribution >= 4 is 5.91 Å². The average molecular weight is 224 g/mol. The molecule has 0 saturated carbocycles. The highest BCUT2D eigenvalue weighted by molar-refractivity contribution is 5.81. The lowest BCUT2D eigenvalue weighted by Gasteiger charge is -2.23. The van der Waals surface area contributed by atoms with Crippen LogP contribution in [0.25, 0.3) is 0 Å². The van der Waals surface area contributed by atoms with Crippen molar-refractivity contribution in [3.8, 4) is 12.3 Å². The third-order valence-electron chi connectivity index (χ3n) is 2.73. The summed E-state index contributed by atoms with van der Waals surface area (Å²) in [5.41, 5.74) is 0. The predicted molar refractivity (Wildman–Crippen MR) is 62.9 cm³/mol. The zero-order valence-corrected chi connectivity index (χ0v) is 9.79. The van der Waals surface area contributed by atoms with Crippen LogP contribution in [0.5, 0.6) is 0 Å². The Hall–Kier alpha value is -1.05. The first-order valence-corrected chi connectivity index (χ1v) is 5.76. The molecule has 0 spiro atoms. The molecule has 2 unspecified atom stereocenters. The summed E-state index contributed by atoms with van der Waals surface area (Å²) < 4.78 is 5.37. The molecule has 2 atom stereocenters.